The van der Waals surface area contributed by atoms with Gasteiger partial charge in [0.2, 0.25) is 15.9 Å². The molecule has 2 heterocycles. The van der Waals surface area contributed by atoms with Gasteiger partial charge in [0.15, 0.2) is 6.10 Å². The summed E-state index contributed by atoms with van der Waals surface area (Å²) >= 11 is 0. The maximum Gasteiger partial charge on any atom is 0.263 e. The minimum Gasteiger partial charge on any atom is -0.494 e. The molecule has 1 N–H and O–H groups in total. The van der Waals surface area contributed by atoms with Gasteiger partial charge in [-0.15, -0.1) is 0 Å². The fraction of sp³-hybridized carbons (Fsp3) is 0.333. The van der Waals surface area contributed by atoms with Gasteiger partial charge in [0.05, 0.1) is 29.7 Å². The third-order valence-electron chi connectivity index (χ3n) is 7.15. The maximum atomic E-state index is 13.9. The average Bonchev–Trinajstić information content (AvgIpc) is 3.00. The maximum absolute atomic E-state index is 13.9. The second-order valence-corrected chi connectivity index (χ2v) is 11.8. The molecule has 2 aliphatic heterocycles. The van der Waals surface area contributed by atoms with Crippen molar-refractivity contribution in [3.05, 3.63) is 84.4 Å². The summed E-state index contributed by atoms with van der Waals surface area (Å²) in [5, 5.41) is 2.90. The number of fused-ring (bicyclic) bond motifs is 1. The molecule has 40 heavy (non-hydrogen) atoms. The molecule has 0 bridgehead atoms. The summed E-state index contributed by atoms with van der Waals surface area (Å²) in [7, 11) is -3.79. The van der Waals surface area contributed by atoms with Crippen LogP contribution in [-0.4, -0.2) is 56.9 Å². The molecule has 10 heteroatoms. The van der Waals surface area contributed by atoms with Crippen LogP contribution >= 0.6 is 0 Å². The molecule has 3 aromatic rings. The summed E-state index contributed by atoms with van der Waals surface area (Å²) in [6.45, 7) is 3.14. The zero-order valence-corrected chi connectivity index (χ0v) is 23.2. The molecule has 9 nitrogen and oxygen atoms in total. The third-order valence-corrected chi connectivity index (χ3v) is 9.03. The highest BCUT2D eigenvalue weighted by Gasteiger charge is 2.39. The van der Waals surface area contributed by atoms with E-state index in [4.69, 9.17) is 9.47 Å². The second kappa shape index (κ2) is 12.1. The van der Waals surface area contributed by atoms with Gasteiger partial charge in [0.1, 0.15) is 11.5 Å². The number of nitrogens with one attached hydrogen (secondary N) is 1. The van der Waals surface area contributed by atoms with Crippen LogP contribution in [0.2, 0.25) is 0 Å². The molecule has 0 aromatic heterocycles. The van der Waals surface area contributed by atoms with Crippen LogP contribution in [0.3, 0.4) is 0 Å². The van der Waals surface area contributed by atoms with E-state index in [2.05, 4.69) is 5.32 Å². The summed E-state index contributed by atoms with van der Waals surface area (Å²) in [5.74, 6) is -0.0498. The number of nitrogens with zero attached hydrogens (tertiary/aromatic N) is 2. The second-order valence-electron chi connectivity index (χ2n) is 9.83. The zero-order valence-electron chi connectivity index (χ0n) is 22.4. The number of anilines is 1. The topological polar surface area (TPSA) is 105 Å². The van der Waals surface area contributed by atoms with Crippen LogP contribution in [0, 0.1) is 5.92 Å². The number of amides is 2. The van der Waals surface area contributed by atoms with Crippen molar-refractivity contribution < 1.29 is 27.5 Å². The largest absolute Gasteiger partial charge is 0.494 e. The smallest absolute Gasteiger partial charge is 0.263 e. The molecular formula is C30H33N3O6S. The summed E-state index contributed by atoms with van der Waals surface area (Å²) in [6, 6.07) is 23.0. The van der Waals surface area contributed by atoms with Crippen LogP contribution in [0.5, 0.6) is 11.5 Å². The average molecular weight is 564 g/mol. The van der Waals surface area contributed by atoms with Gasteiger partial charge < -0.3 is 19.7 Å². The fourth-order valence-corrected chi connectivity index (χ4v) is 6.61. The van der Waals surface area contributed by atoms with E-state index in [0.29, 0.717) is 49.7 Å². The molecular weight excluding hydrogens is 530 g/mol. The molecule has 0 spiro atoms. The molecule has 2 amide bonds. The molecule has 2 atom stereocenters. The van der Waals surface area contributed by atoms with Crippen molar-refractivity contribution in [2.75, 3.05) is 31.1 Å². The number of para-hydroxylation sites is 2. The first-order valence-electron chi connectivity index (χ1n) is 13.5. The lowest BCUT2D eigenvalue weighted by molar-refractivity contribution is -0.129. The lowest BCUT2D eigenvalue weighted by atomic mass is 9.97. The summed E-state index contributed by atoms with van der Waals surface area (Å²) in [4.78, 5) is 28.7. The third kappa shape index (κ3) is 5.97. The number of hydrogen-bond acceptors (Lipinski definition) is 6. The summed E-state index contributed by atoms with van der Waals surface area (Å²) in [6.07, 6.45) is 0.216. The molecule has 0 saturated carbocycles. The van der Waals surface area contributed by atoms with Gasteiger partial charge in [-0.25, -0.2) is 8.42 Å². The molecule has 0 radical (unpaired) electrons. The Bertz CT molecular complexity index is 1450. The van der Waals surface area contributed by atoms with Crippen LogP contribution < -0.4 is 19.7 Å². The predicted octanol–water partition coefficient (Wildman–Crippen LogP) is 3.60. The Morgan fingerprint density at radius 3 is 2.45 bits per heavy atom. The van der Waals surface area contributed by atoms with Crippen molar-refractivity contribution in [1.82, 2.24) is 9.62 Å². The van der Waals surface area contributed by atoms with E-state index >= 15 is 0 Å². The molecule has 1 fully saturated rings. The van der Waals surface area contributed by atoms with Crippen molar-refractivity contribution in [1.29, 1.82) is 0 Å². The van der Waals surface area contributed by atoms with E-state index in [1.807, 2.05) is 43.3 Å². The van der Waals surface area contributed by atoms with Crippen LogP contribution in [-0.2, 0) is 26.2 Å². The fourth-order valence-electron chi connectivity index (χ4n) is 5.08. The van der Waals surface area contributed by atoms with E-state index < -0.39 is 22.0 Å². The predicted molar refractivity (Wildman–Crippen MR) is 151 cm³/mol. The highest BCUT2D eigenvalue weighted by molar-refractivity contribution is 7.89. The molecule has 0 unspecified atom stereocenters. The Labute approximate surface area is 234 Å². The Balaban J connectivity index is 1.31. The van der Waals surface area contributed by atoms with Gasteiger partial charge in [-0.1, -0.05) is 42.5 Å². The standard InChI is InChI=1S/C30H33N3O6S/c1-2-38-24-14-16-25(17-15-24)40(36,37)32-18-8-11-23(20-32)30(35)33-21-28(39-27-13-7-6-12-26(27)33)29(34)31-19-22-9-4-3-5-10-22/h3-7,9-10,12-17,23,28H,2,8,11,18-21H2,1H3,(H,31,34)/t23-,28+/m0/s1. The molecule has 210 valence electrons. The van der Waals surface area contributed by atoms with Gasteiger partial charge in [-0.3, -0.25) is 9.59 Å². The van der Waals surface area contributed by atoms with Crippen molar-refractivity contribution in [3.63, 3.8) is 0 Å². The SMILES string of the molecule is CCOc1ccc(S(=O)(=O)N2CCC[C@H](C(=O)N3C[C@H](C(=O)NCc4ccccc4)Oc4ccccc43)C2)cc1. The van der Waals surface area contributed by atoms with E-state index in [1.165, 1.54) is 16.4 Å². The van der Waals surface area contributed by atoms with Crippen molar-refractivity contribution in [2.45, 2.75) is 37.3 Å². The number of benzene rings is 3. The number of rotatable bonds is 8. The molecule has 3 aromatic carbocycles. The Kier molecular flexibility index (Phi) is 8.37. The van der Waals surface area contributed by atoms with Crippen LogP contribution in [0.15, 0.2) is 83.8 Å². The zero-order chi connectivity index (χ0) is 28.1. The minimum atomic E-state index is -3.79. The highest BCUT2D eigenvalue weighted by atomic mass is 32.2. The Morgan fingerprint density at radius 1 is 0.975 bits per heavy atom. The number of ether oxygens (including phenoxy) is 2. The van der Waals surface area contributed by atoms with Crippen LogP contribution in [0.1, 0.15) is 25.3 Å². The number of sulfonamides is 1. The van der Waals surface area contributed by atoms with Gasteiger partial charge in [-0.05, 0) is 61.7 Å². The minimum absolute atomic E-state index is 0.0403. The summed E-state index contributed by atoms with van der Waals surface area (Å²) in [5.41, 5.74) is 1.53. The number of carbonyl (C=O) groups is 2. The van der Waals surface area contributed by atoms with E-state index in [0.717, 1.165) is 5.56 Å². The van der Waals surface area contributed by atoms with E-state index in [9.17, 15) is 18.0 Å². The van der Waals surface area contributed by atoms with Crippen molar-refractivity contribution in [2.24, 2.45) is 5.92 Å². The lowest BCUT2D eigenvalue weighted by Gasteiger charge is -2.38. The molecule has 1 saturated heterocycles. The molecule has 2 aliphatic rings. The number of piperidine rings is 1. The molecule has 0 aliphatic carbocycles. The first-order chi connectivity index (χ1) is 19.4. The van der Waals surface area contributed by atoms with Crippen LogP contribution in [0.25, 0.3) is 0 Å². The Morgan fingerprint density at radius 2 is 1.70 bits per heavy atom. The van der Waals surface area contributed by atoms with Gasteiger partial charge >= 0.3 is 0 Å². The first-order valence-corrected chi connectivity index (χ1v) is 14.9. The van der Waals surface area contributed by atoms with Crippen molar-refractivity contribution in [3.8, 4) is 11.5 Å². The van der Waals surface area contributed by atoms with E-state index in [-0.39, 0.29) is 29.8 Å². The lowest BCUT2D eigenvalue weighted by Crippen LogP contribution is -2.53. The van der Waals surface area contributed by atoms with E-state index in [1.54, 1.807) is 35.2 Å². The molecule has 5 rings (SSSR count). The summed E-state index contributed by atoms with van der Waals surface area (Å²) < 4.78 is 39.6. The monoisotopic (exact) mass is 563 g/mol. The van der Waals surface area contributed by atoms with Crippen LogP contribution in [0.4, 0.5) is 5.69 Å². The van der Waals surface area contributed by atoms with Gasteiger partial charge in [0, 0.05) is 19.6 Å². The first kappa shape index (κ1) is 27.7. The Hall–Kier alpha value is -3.89. The number of carbonyl (C=O) groups excluding carboxylic acids is 2. The van der Waals surface area contributed by atoms with Gasteiger partial charge in [-0.2, -0.15) is 4.31 Å². The normalized spacial score (nSPS) is 19.3. The highest BCUT2D eigenvalue weighted by Crippen LogP contribution is 2.35. The number of hydrogen-bond donors (Lipinski definition) is 1. The van der Waals surface area contributed by atoms with Crippen molar-refractivity contribution >= 4 is 27.5 Å². The van der Waals surface area contributed by atoms with Gasteiger partial charge in [0.25, 0.3) is 5.91 Å². The quantitative estimate of drug-likeness (QED) is 0.449.